The van der Waals surface area contributed by atoms with Gasteiger partial charge in [0.15, 0.2) is 5.13 Å². The number of carbonyl (C=O) groups is 2. The van der Waals surface area contributed by atoms with E-state index in [1.807, 2.05) is 6.92 Å². The molecule has 0 spiro atoms. The number of hydrogen-bond acceptors (Lipinski definition) is 6. The molecule has 5 rings (SSSR count). The van der Waals surface area contributed by atoms with Crippen LogP contribution in [0.25, 0.3) is 16.0 Å². The number of hydrogen-bond donors (Lipinski definition) is 1. The van der Waals surface area contributed by atoms with Crippen molar-refractivity contribution in [2.45, 2.75) is 13.0 Å². The van der Waals surface area contributed by atoms with Crippen LogP contribution in [-0.4, -0.2) is 28.4 Å². The molecule has 176 valence electrons. The molecule has 9 heteroatoms. The first kappa shape index (κ1) is 22.7. The van der Waals surface area contributed by atoms with Gasteiger partial charge in [-0.05, 0) is 55.5 Å². The molecule has 0 radical (unpaired) electrons. The van der Waals surface area contributed by atoms with E-state index in [4.69, 9.17) is 4.74 Å². The molecule has 6 nitrogen and oxygen atoms in total. The van der Waals surface area contributed by atoms with Crippen molar-refractivity contribution in [3.63, 3.8) is 0 Å². The lowest BCUT2D eigenvalue weighted by atomic mass is 9.95. The highest BCUT2D eigenvalue weighted by Crippen LogP contribution is 2.45. The first-order chi connectivity index (χ1) is 16.9. The van der Waals surface area contributed by atoms with E-state index in [0.29, 0.717) is 22.6 Å². The lowest BCUT2D eigenvalue weighted by Gasteiger charge is -2.23. The van der Waals surface area contributed by atoms with Crippen LogP contribution in [0.1, 0.15) is 24.1 Å². The van der Waals surface area contributed by atoms with E-state index < -0.39 is 35.1 Å². The van der Waals surface area contributed by atoms with Crippen LogP contribution in [-0.2, 0) is 9.59 Å². The van der Waals surface area contributed by atoms with Gasteiger partial charge in [-0.25, -0.2) is 13.8 Å². The Kier molecular flexibility index (Phi) is 5.78. The van der Waals surface area contributed by atoms with Crippen molar-refractivity contribution in [2.75, 3.05) is 11.5 Å². The summed E-state index contributed by atoms with van der Waals surface area (Å²) in [5.74, 6) is -2.96. The van der Waals surface area contributed by atoms with Gasteiger partial charge in [-0.3, -0.25) is 14.5 Å². The van der Waals surface area contributed by atoms with Gasteiger partial charge in [0, 0.05) is 11.1 Å². The highest BCUT2D eigenvalue weighted by atomic mass is 32.1. The largest absolute Gasteiger partial charge is 0.507 e. The maximum atomic E-state index is 15.0. The molecular weight excluding hydrogens is 474 g/mol. The summed E-state index contributed by atoms with van der Waals surface area (Å²) >= 11 is 0.994. The number of benzene rings is 3. The highest BCUT2D eigenvalue weighted by molar-refractivity contribution is 7.22. The molecule has 1 aliphatic rings. The molecule has 1 fully saturated rings. The van der Waals surface area contributed by atoms with Crippen molar-refractivity contribution in [3.05, 3.63) is 95.1 Å². The number of Topliss-reactive ketones (excluding diaryl/α,β-unsaturated/α-hetero) is 1. The zero-order valence-corrected chi connectivity index (χ0v) is 19.2. The Balaban J connectivity index is 1.70. The quantitative estimate of drug-likeness (QED) is 0.223. The normalized spacial score (nSPS) is 17.3. The number of ketones is 1. The van der Waals surface area contributed by atoms with Gasteiger partial charge in [0.2, 0.25) is 0 Å². The van der Waals surface area contributed by atoms with Gasteiger partial charge in [-0.15, -0.1) is 0 Å². The SMILES string of the molecule is CCOc1ccc(C(O)=C2C(=O)C(=O)N(c3nc4ccc(F)cc4s3)[C@H]2c2ccccc2F)cc1. The maximum absolute atomic E-state index is 15.0. The third-order valence-electron chi connectivity index (χ3n) is 5.63. The molecule has 0 aliphatic carbocycles. The first-order valence-electron chi connectivity index (χ1n) is 10.7. The molecule has 1 N–H and O–H groups in total. The maximum Gasteiger partial charge on any atom is 0.301 e. The zero-order valence-electron chi connectivity index (χ0n) is 18.4. The van der Waals surface area contributed by atoms with Crippen molar-refractivity contribution in [2.24, 2.45) is 0 Å². The van der Waals surface area contributed by atoms with Gasteiger partial charge >= 0.3 is 5.91 Å². The Labute approximate surface area is 202 Å². The number of nitrogens with zero attached hydrogens (tertiary/aromatic N) is 2. The predicted octanol–water partition coefficient (Wildman–Crippen LogP) is 5.60. The van der Waals surface area contributed by atoms with Gasteiger partial charge in [0.1, 0.15) is 29.2 Å². The van der Waals surface area contributed by atoms with Crippen molar-refractivity contribution in [1.82, 2.24) is 4.98 Å². The van der Waals surface area contributed by atoms with Crippen LogP contribution in [0.3, 0.4) is 0 Å². The lowest BCUT2D eigenvalue weighted by Crippen LogP contribution is -2.29. The number of halogens is 2. The number of amides is 1. The van der Waals surface area contributed by atoms with Crippen molar-refractivity contribution >= 4 is 44.1 Å². The van der Waals surface area contributed by atoms with Crippen molar-refractivity contribution in [1.29, 1.82) is 0 Å². The Morgan fingerprint density at radius 3 is 2.54 bits per heavy atom. The van der Waals surface area contributed by atoms with E-state index in [9.17, 15) is 23.5 Å². The molecule has 0 bridgehead atoms. The van der Waals surface area contributed by atoms with Crippen LogP contribution < -0.4 is 9.64 Å². The number of fused-ring (bicyclic) bond motifs is 1. The average Bonchev–Trinajstić information content (AvgIpc) is 3.37. The Morgan fingerprint density at radius 1 is 1.09 bits per heavy atom. The average molecular weight is 493 g/mol. The smallest absolute Gasteiger partial charge is 0.301 e. The summed E-state index contributed by atoms with van der Waals surface area (Å²) in [6.45, 7) is 2.29. The third kappa shape index (κ3) is 3.93. The molecule has 3 aromatic carbocycles. The van der Waals surface area contributed by atoms with Crippen molar-refractivity contribution in [3.8, 4) is 5.75 Å². The van der Waals surface area contributed by atoms with E-state index in [-0.39, 0.29) is 21.8 Å². The number of anilines is 1. The first-order valence-corrected chi connectivity index (χ1v) is 11.6. The van der Waals surface area contributed by atoms with Gasteiger partial charge in [0.25, 0.3) is 5.78 Å². The van der Waals surface area contributed by atoms with E-state index >= 15 is 0 Å². The fourth-order valence-electron chi connectivity index (χ4n) is 4.04. The minimum Gasteiger partial charge on any atom is -0.507 e. The number of carbonyl (C=O) groups excluding carboxylic acids is 2. The van der Waals surface area contributed by atoms with E-state index in [0.717, 1.165) is 16.2 Å². The molecule has 1 aromatic heterocycles. The number of ether oxygens (including phenoxy) is 1. The van der Waals surface area contributed by atoms with E-state index in [1.165, 1.54) is 36.4 Å². The number of aliphatic hydroxyl groups excluding tert-OH is 1. The second-order valence-corrected chi connectivity index (χ2v) is 8.77. The standard InChI is InChI=1S/C26H18F2N2O4S/c1-2-34-16-10-7-14(8-11-16)23(31)21-22(17-5-3-4-6-18(17)28)30(25(33)24(21)32)26-29-19-12-9-15(27)13-20(19)35-26/h3-13,22,31H,2H2,1H3/t22-/m0/s1. The summed E-state index contributed by atoms with van der Waals surface area (Å²) in [6, 6.07) is 14.7. The molecule has 1 saturated heterocycles. The summed E-state index contributed by atoms with van der Waals surface area (Å²) in [6.07, 6.45) is 0. The Morgan fingerprint density at radius 2 is 1.83 bits per heavy atom. The van der Waals surface area contributed by atoms with E-state index in [1.54, 1.807) is 30.3 Å². The van der Waals surface area contributed by atoms with Gasteiger partial charge < -0.3 is 9.84 Å². The number of aliphatic hydroxyl groups is 1. The molecule has 1 atom stereocenters. The monoisotopic (exact) mass is 492 g/mol. The minimum atomic E-state index is -1.27. The summed E-state index contributed by atoms with van der Waals surface area (Å²) in [7, 11) is 0. The highest BCUT2D eigenvalue weighted by Gasteiger charge is 2.49. The summed E-state index contributed by atoms with van der Waals surface area (Å²) in [5, 5.41) is 11.2. The van der Waals surface area contributed by atoms with Gasteiger partial charge in [-0.1, -0.05) is 29.5 Å². The van der Waals surface area contributed by atoms with E-state index in [2.05, 4.69) is 4.98 Å². The number of rotatable bonds is 5. The molecule has 1 amide bonds. The van der Waals surface area contributed by atoms with Crippen LogP contribution in [0.4, 0.5) is 13.9 Å². The molecule has 0 unspecified atom stereocenters. The van der Waals surface area contributed by atoms with Gasteiger partial charge in [0.05, 0.1) is 22.4 Å². The van der Waals surface area contributed by atoms with Crippen molar-refractivity contribution < 1.29 is 28.2 Å². The minimum absolute atomic E-state index is 0.0182. The third-order valence-corrected chi connectivity index (χ3v) is 6.65. The van der Waals surface area contributed by atoms with Crippen LogP contribution >= 0.6 is 11.3 Å². The number of thiazole rings is 1. The summed E-state index contributed by atoms with van der Waals surface area (Å²) in [5.41, 5.74) is 0.436. The topological polar surface area (TPSA) is 79.7 Å². The van der Waals surface area contributed by atoms with Gasteiger partial charge in [-0.2, -0.15) is 0 Å². The fourth-order valence-corrected chi connectivity index (χ4v) is 5.06. The molecule has 4 aromatic rings. The van der Waals surface area contributed by atoms with Crippen LogP contribution in [0.2, 0.25) is 0 Å². The molecular formula is C26H18F2N2O4S. The Hall–Kier alpha value is -4.11. The van der Waals surface area contributed by atoms with Crippen LogP contribution in [0.15, 0.2) is 72.3 Å². The molecule has 0 saturated carbocycles. The summed E-state index contributed by atoms with van der Waals surface area (Å²) in [4.78, 5) is 31.9. The number of aromatic nitrogens is 1. The lowest BCUT2D eigenvalue weighted by molar-refractivity contribution is -0.132. The fraction of sp³-hybridized carbons (Fsp3) is 0.115. The Bertz CT molecular complexity index is 1500. The molecule has 1 aliphatic heterocycles. The second-order valence-electron chi connectivity index (χ2n) is 7.76. The second kappa shape index (κ2) is 8.92. The predicted molar refractivity (Wildman–Crippen MR) is 128 cm³/mol. The zero-order chi connectivity index (χ0) is 24.7. The summed E-state index contributed by atoms with van der Waals surface area (Å²) < 4.78 is 34.6. The molecule has 2 heterocycles. The van der Waals surface area contributed by atoms with Crippen LogP contribution in [0, 0.1) is 11.6 Å². The van der Waals surface area contributed by atoms with Crippen LogP contribution in [0.5, 0.6) is 5.75 Å². The molecule has 35 heavy (non-hydrogen) atoms.